The fraction of sp³-hybridized carbons (Fsp3) is 0.125. The summed E-state index contributed by atoms with van der Waals surface area (Å²) in [4.78, 5) is 38.2. The number of carbonyl (C=O) groups is 2. The lowest BCUT2D eigenvalue weighted by Gasteiger charge is -2.14. The van der Waals surface area contributed by atoms with E-state index in [0.29, 0.717) is 27.0 Å². The molecule has 0 unspecified atom stereocenters. The zero-order chi connectivity index (χ0) is 21.3. The number of aryl methyl sites for hydroxylation is 1. The molecule has 30 heavy (non-hydrogen) atoms. The van der Waals surface area contributed by atoms with Crippen molar-refractivity contribution in [1.29, 1.82) is 0 Å². The first-order valence-electron chi connectivity index (χ1n) is 9.51. The van der Waals surface area contributed by atoms with Gasteiger partial charge >= 0.3 is 0 Å². The van der Waals surface area contributed by atoms with Crippen LogP contribution < -0.4 is 10.7 Å². The molecule has 0 aliphatic rings. The zero-order valence-corrected chi connectivity index (χ0v) is 17.5. The van der Waals surface area contributed by atoms with Gasteiger partial charge in [-0.2, -0.15) is 0 Å². The monoisotopic (exact) mass is 416 g/mol. The van der Waals surface area contributed by atoms with Crippen LogP contribution in [0.5, 0.6) is 0 Å². The number of anilines is 1. The SMILES string of the molecule is CC(=O)c1sccc1NC(=O)Cn1cc(-c2ccccc2)c(=O)c2ccc(C)cc21. The predicted molar refractivity (Wildman–Crippen MR) is 121 cm³/mol. The van der Waals surface area contributed by atoms with E-state index in [4.69, 9.17) is 0 Å². The van der Waals surface area contributed by atoms with Crippen molar-refractivity contribution in [2.75, 3.05) is 5.32 Å². The van der Waals surface area contributed by atoms with Gasteiger partial charge in [-0.3, -0.25) is 14.4 Å². The van der Waals surface area contributed by atoms with Crippen LogP contribution in [0.1, 0.15) is 22.2 Å². The highest BCUT2D eigenvalue weighted by atomic mass is 32.1. The topological polar surface area (TPSA) is 68.2 Å². The van der Waals surface area contributed by atoms with Gasteiger partial charge in [0.25, 0.3) is 0 Å². The molecule has 1 N–H and O–H groups in total. The number of ketones is 1. The fourth-order valence-corrected chi connectivity index (χ4v) is 4.23. The first-order chi connectivity index (χ1) is 14.4. The van der Waals surface area contributed by atoms with E-state index < -0.39 is 0 Å². The number of amides is 1. The number of Topliss-reactive ketones (excluding diaryl/α,β-unsaturated/α-hetero) is 1. The van der Waals surface area contributed by atoms with Crippen LogP contribution in [0.25, 0.3) is 22.0 Å². The highest BCUT2D eigenvalue weighted by Gasteiger charge is 2.15. The second-order valence-electron chi connectivity index (χ2n) is 7.15. The van der Waals surface area contributed by atoms with E-state index >= 15 is 0 Å². The fourth-order valence-electron chi connectivity index (χ4n) is 3.48. The van der Waals surface area contributed by atoms with Crippen LogP contribution in [0, 0.1) is 6.92 Å². The summed E-state index contributed by atoms with van der Waals surface area (Å²) in [5.74, 6) is -0.350. The lowest BCUT2D eigenvalue weighted by Crippen LogP contribution is -2.22. The number of fused-ring (bicyclic) bond motifs is 1. The third-order valence-corrected chi connectivity index (χ3v) is 5.91. The van der Waals surface area contributed by atoms with Gasteiger partial charge in [-0.25, -0.2) is 0 Å². The minimum atomic E-state index is -0.263. The van der Waals surface area contributed by atoms with E-state index in [2.05, 4.69) is 5.32 Å². The number of hydrogen-bond acceptors (Lipinski definition) is 4. The van der Waals surface area contributed by atoms with Gasteiger partial charge in [-0.05, 0) is 41.6 Å². The van der Waals surface area contributed by atoms with Crippen molar-refractivity contribution in [3.63, 3.8) is 0 Å². The molecule has 0 bridgehead atoms. The lowest BCUT2D eigenvalue weighted by atomic mass is 10.0. The highest BCUT2D eigenvalue weighted by Crippen LogP contribution is 2.24. The second kappa shape index (κ2) is 8.08. The summed E-state index contributed by atoms with van der Waals surface area (Å²) >= 11 is 1.30. The van der Waals surface area contributed by atoms with Crippen molar-refractivity contribution >= 4 is 39.6 Å². The average molecular weight is 417 g/mol. The van der Waals surface area contributed by atoms with Crippen molar-refractivity contribution < 1.29 is 9.59 Å². The minimum Gasteiger partial charge on any atom is -0.337 e. The number of nitrogens with one attached hydrogen (secondary N) is 1. The number of hydrogen-bond donors (Lipinski definition) is 1. The third kappa shape index (κ3) is 3.82. The number of thiophene rings is 1. The Morgan fingerprint density at radius 1 is 1.07 bits per heavy atom. The summed E-state index contributed by atoms with van der Waals surface area (Å²) in [5, 5.41) is 5.17. The van der Waals surface area contributed by atoms with Crippen LogP contribution in [-0.2, 0) is 11.3 Å². The normalized spacial score (nSPS) is 10.9. The maximum absolute atomic E-state index is 13.1. The Bertz CT molecular complexity index is 1320. The van der Waals surface area contributed by atoms with Gasteiger partial charge in [0.2, 0.25) is 5.91 Å². The Morgan fingerprint density at radius 3 is 2.57 bits per heavy atom. The van der Waals surface area contributed by atoms with Crippen LogP contribution in [0.15, 0.2) is 71.0 Å². The smallest absolute Gasteiger partial charge is 0.244 e. The molecular weight excluding hydrogens is 396 g/mol. The molecule has 2 aromatic carbocycles. The molecule has 0 saturated carbocycles. The quantitative estimate of drug-likeness (QED) is 0.472. The van der Waals surface area contributed by atoms with Crippen LogP contribution in [0.3, 0.4) is 0 Å². The number of aromatic nitrogens is 1. The van der Waals surface area contributed by atoms with Crippen LogP contribution >= 0.6 is 11.3 Å². The molecule has 2 heterocycles. The maximum Gasteiger partial charge on any atom is 0.244 e. The van der Waals surface area contributed by atoms with Gasteiger partial charge < -0.3 is 9.88 Å². The van der Waals surface area contributed by atoms with E-state index in [1.165, 1.54) is 18.3 Å². The summed E-state index contributed by atoms with van der Waals surface area (Å²) in [6.45, 7) is 3.45. The Balaban J connectivity index is 1.77. The molecule has 0 saturated heterocycles. The molecule has 0 atom stereocenters. The Labute approximate surface area is 177 Å². The average Bonchev–Trinajstić information content (AvgIpc) is 3.19. The van der Waals surface area contributed by atoms with Crippen LogP contribution in [-0.4, -0.2) is 16.3 Å². The van der Waals surface area contributed by atoms with Gasteiger partial charge in [0.05, 0.1) is 16.1 Å². The van der Waals surface area contributed by atoms with E-state index in [1.54, 1.807) is 28.3 Å². The van der Waals surface area contributed by atoms with E-state index in [-0.39, 0.29) is 23.7 Å². The number of nitrogens with zero attached hydrogens (tertiary/aromatic N) is 1. The molecule has 1 amide bonds. The first-order valence-corrected chi connectivity index (χ1v) is 10.4. The van der Waals surface area contributed by atoms with Gasteiger partial charge in [0.15, 0.2) is 11.2 Å². The summed E-state index contributed by atoms with van der Waals surface area (Å²) in [7, 11) is 0. The standard InChI is InChI=1S/C24H20N2O3S/c1-15-8-9-18-21(12-15)26(13-19(23(18)29)17-6-4-3-5-7-17)14-22(28)25-20-10-11-30-24(20)16(2)27/h3-13H,14H2,1-2H3,(H,25,28). The van der Waals surface area contributed by atoms with E-state index in [0.717, 1.165) is 11.1 Å². The van der Waals surface area contributed by atoms with Crippen LogP contribution in [0.2, 0.25) is 0 Å². The largest absolute Gasteiger partial charge is 0.337 e. The number of pyridine rings is 1. The third-order valence-electron chi connectivity index (χ3n) is 4.89. The first kappa shape index (κ1) is 19.8. The molecule has 6 heteroatoms. The Kier molecular flexibility index (Phi) is 5.33. The number of benzene rings is 2. The molecule has 4 rings (SSSR count). The maximum atomic E-state index is 13.1. The molecule has 150 valence electrons. The number of carbonyl (C=O) groups excluding carboxylic acids is 2. The molecule has 2 aromatic heterocycles. The number of rotatable bonds is 5. The summed E-state index contributed by atoms with van der Waals surface area (Å²) in [5.41, 5.74) is 3.49. The van der Waals surface area contributed by atoms with Crippen LogP contribution in [0.4, 0.5) is 5.69 Å². The molecule has 5 nitrogen and oxygen atoms in total. The molecule has 4 aromatic rings. The Morgan fingerprint density at radius 2 is 1.83 bits per heavy atom. The molecule has 0 spiro atoms. The molecule has 0 radical (unpaired) electrons. The van der Waals surface area contributed by atoms with Crippen molar-refractivity contribution in [3.05, 3.63) is 86.8 Å². The van der Waals surface area contributed by atoms with Crippen molar-refractivity contribution in [1.82, 2.24) is 4.57 Å². The highest BCUT2D eigenvalue weighted by molar-refractivity contribution is 7.12. The summed E-state index contributed by atoms with van der Waals surface area (Å²) in [6.07, 6.45) is 1.73. The predicted octanol–water partition coefficient (Wildman–Crippen LogP) is 4.88. The molecule has 0 aliphatic heterocycles. The summed E-state index contributed by atoms with van der Waals surface area (Å²) in [6, 6.07) is 16.8. The molecular formula is C24H20N2O3S. The van der Waals surface area contributed by atoms with Crippen molar-refractivity contribution in [3.8, 4) is 11.1 Å². The van der Waals surface area contributed by atoms with E-state index in [9.17, 15) is 14.4 Å². The van der Waals surface area contributed by atoms with Gasteiger partial charge in [-0.1, -0.05) is 36.4 Å². The van der Waals surface area contributed by atoms with Gasteiger partial charge in [0.1, 0.15) is 6.54 Å². The molecule has 0 aliphatic carbocycles. The van der Waals surface area contributed by atoms with Crippen molar-refractivity contribution in [2.24, 2.45) is 0 Å². The zero-order valence-electron chi connectivity index (χ0n) is 16.6. The Hall–Kier alpha value is -3.51. The van der Waals surface area contributed by atoms with Gasteiger partial charge in [0, 0.05) is 24.1 Å². The minimum absolute atomic E-state index is 0.0211. The van der Waals surface area contributed by atoms with Gasteiger partial charge in [-0.15, -0.1) is 11.3 Å². The second-order valence-corrected chi connectivity index (χ2v) is 8.07. The lowest BCUT2D eigenvalue weighted by molar-refractivity contribution is -0.116. The van der Waals surface area contributed by atoms with Crippen molar-refractivity contribution in [2.45, 2.75) is 20.4 Å². The summed E-state index contributed by atoms with van der Waals surface area (Å²) < 4.78 is 1.79. The van der Waals surface area contributed by atoms with E-state index in [1.807, 2.05) is 49.4 Å². The molecule has 0 fully saturated rings.